The van der Waals surface area contributed by atoms with Gasteiger partial charge in [0.15, 0.2) is 0 Å². The zero-order valence-electron chi connectivity index (χ0n) is 22.3. The standard InChI is InChI=1S/C30H41N3O4S/c1-2-3-4-5-6-7-8-9-10-11-12-13-14-15-16-17-18-19-20-21-27(35)31-26-22-23-33(30(36)32-26)28-25-38-29(24-34)37-28/h3-4,6-7,9-10,12-13,15-16,18-19,22-23,28-29,34H,2,5,8,11,14,17,20-21,24-25H2,1H3,(H,31,32,35,36)/b4-3-,7-6-,10-9-,13-12-,16-15-,19-18-/t28-,29+/m0/s1. The number of aliphatic hydroxyl groups excluding tert-OH is 1. The number of hydrogen-bond donors (Lipinski definition) is 2. The van der Waals surface area contributed by atoms with Crippen LogP contribution in [-0.4, -0.2) is 38.4 Å². The summed E-state index contributed by atoms with van der Waals surface area (Å²) in [7, 11) is 0. The van der Waals surface area contributed by atoms with Crippen LogP contribution in [0, 0.1) is 0 Å². The molecule has 1 fully saturated rings. The van der Waals surface area contributed by atoms with Crippen LogP contribution in [0.3, 0.4) is 0 Å². The van der Waals surface area contributed by atoms with Crippen LogP contribution in [0.1, 0.15) is 64.5 Å². The van der Waals surface area contributed by atoms with Crippen molar-refractivity contribution in [2.24, 2.45) is 0 Å². The smallest absolute Gasteiger partial charge is 0.351 e. The molecule has 1 aromatic heterocycles. The SMILES string of the molecule is CC/C=C\C/C=C\C/C=C\C/C=C\C/C=C\C/C=C\CCC(=O)Nc1ccn([C@@H]2CS[C@H](CO)O2)c(=O)n1. The lowest BCUT2D eigenvalue weighted by atomic mass is 10.2. The van der Waals surface area contributed by atoms with Crippen LogP contribution in [0.5, 0.6) is 0 Å². The van der Waals surface area contributed by atoms with Gasteiger partial charge in [0.2, 0.25) is 5.91 Å². The maximum Gasteiger partial charge on any atom is 0.351 e. The molecular formula is C30H41N3O4S. The molecule has 1 aliphatic rings. The second-order valence-corrected chi connectivity index (χ2v) is 9.73. The third-order valence-electron chi connectivity index (χ3n) is 5.42. The van der Waals surface area contributed by atoms with Crippen LogP contribution in [0.2, 0.25) is 0 Å². The summed E-state index contributed by atoms with van der Waals surface area (Å²) < 4.78 is 6.94. The number of rotatable bonds is 17. The van der Waals surface area contributed by atoms with Gasteiger partial charge in [-0.3, -0.25) is 9.36 Å². The summed E-state index contributed by atoms with van der Waals surface area (Å²) in [5.74, 6) is 0.593. The van der Waals surface area contributed by atoms with E-state index >= 15 is 0 Å². The van der Waals surface area contributed by atoms with Crippen molar-refractivity contribution in [3.63, 3.8) is 0 Å². The van der Waals surface area contributed by atoms with Gasteiger partial charge < -0.3 is 15.2 Å². The molecule has 2 atom stereocenters. The van der Waals surface area contributed by atoms with Crippen LogP contribution in [0.15, 0.2) is 90.0 Å². The van der Waals surface area contributed by atoms with E-state index in [1.54, 1.807) is 12.3 Å². The third kappa shape index (κ3) is 13.6. The van der Waals surface area contributed by atoms with Crippen LogP contribution >= 0.6 is 11.8 Å². The van der Waals surface area contributed by atoms with E-state index < -0.39 is 11.9 Å². The predicted octanol–water partition coefficient (Wildman–Crippen LogP) is 6.24. The fourth-order valence-electron chi connectivity index (χ4n) is 3.45. The number of allylic oxidation sites excluding steroid dienone is 12. The fraction of sp³-hybridized carbons (Fsp3) is 0.433. The van der Waals surface area contributed by atoms with Crippen molar-refractivity contribution in [3.8, 4) is 0 Å². The third-order valence-corrected chi connectivity index (χ3v) is 6.53. The average molecular weight is 540 g/mol. The molecule has 1 aliphatic heterocycles. The molecule has 0 unspecified atom stereocenters. The maximum atomic E-state index is 12.3. The Labute approximate surface area is 230 Å². The van der Waals surface area contributed by atoms with E-state index in [0.717, 1.165) is 38.5 Å². The van der Waals surface area contributed by atoms with E-state index in [2.05, 4.69) is 78.0 Å². The highest BCUT2D eigenvalue weighted by Crippen LogP contribution is 2.30. The number of aromatic nitrogens is 2. The zero-order chi connectivity index (χ0) is 27.3. The molecule has 0 spiro atoms. The average Bonchev–Trinajstić information content (AvgIpc) is 3.39. The van der Waals surface area contributed by atoms with E-state index in [9.17, 15) is 9.59 Å². The molecule has 0 saturated carbocycles. The molecule has 2 N–H and O–H groups in total. The first-order chi connectivity index (χ1) is 18.6. The zero-order valence-corrected chi connectivity index (χ0v) is 23.1. The van der Waals surface area contributed by atoms with Gasteiger partial charge in [0.1, 0.15) is 17.5 Å². The van der Waals surface area contributed by atoms with Crippen LogP contribution in [0.25, 0.3) is 0 Å². The minimum Gasteiger partial charge on any atom is -0.393 e. The highest BCUT2D eigenvalue weighted by atomic mass is 32.2. The second-order valence-electron chi connectivity index (χ2n) is 8.54. The minimum atomic E-state index is -0.496. The molecule has 2 heterocycles. The van der Waals surface area contributed by atoms with E-state index in [0.29, 0.717) is 18.6 Å². The van der Waals surface area contributed by atoms with E-state index in [4.69, 9.17) is 9.84 Å². The van der Waals surface area contributed by atoms with Crippen molar-refractivity contribution in [2.75, 3.05) is 17.7 Å². The van der Waals surface area contributed by atoms with E-state index in [1.165, 1.54) is 16.3 Å². The number of amides is 1. The first-order valence-electron chi connectivity index (χ1n) is 13.3. The Bertz CT molecular complexity index is 1060. The number of aliphatic hydroxyl groups is 1. The number of thioether (sulfide) groups is 1. The summed E-state index contributed by atoms with van der Waals surface area (Å²) in [6, 6.07) is 1.58. The summed E-state index contributed by atoms with van der Waals surface area (Å²) in [4.78, 5) is 28.3. The topological polar surface area (TPSA) is 93.5 Å². The Kier molecular flexibility index (Phi) is 16.5. The fourth-order valence-corrected chi connectivity index (χ4v) is 4.38. The summed E-state index contributed by atoms with van der Waals surface area (Å²) in [5.41, 5.74) is -0.829. The van der Waals surface area contributed by atoms with E-state index in [1.807, 2.05) is 12.2 Å². The molecule has 8 heteroatoms. The summed E-state index contributed by atoms with van der Waals surface area (Å²) in [6.07, 6.45) is 33.6. The van der Waals surface area contributed by atoms with Gasteiger partial charge in [0, 0.05) is 18.4 Å². The van der Waals surface area contributed by atoms with E-state index in [-0.39, 0.29) is 23.8 Å². The second kappa shape index (κ2) is 20.1. The molecular weight excluding hydrogens is 498 g/mol. The molecule has 0 aliphatic carbocycles. The summed E-state index contributed by atoms with van der Waals surface area (Å²) in [6.45, 7) is 2.04. The van der Waals surface area contributed by atoms with Gasteiger partial charge in [-0.15, -0.1) is 11.8 Å². The Morgan fingerprint density at radius 1 is 1.00 bits per heavy atom. The van der Waals surface area contributed by atoms with Gasteiger partial charge >= 0.3 is 5.69 Å². The molecule has 1 aromatic rings. The maximum absolute atomic E-state index is 12.3. The number of ether oxygens (including phenoxy) is 1. The molecule has 2 rings (SSSR count). The lowest BCUT2D eigenvalue weighted by Gasteiger charge is -2.14. The Morgan fingerprint density at radius 2 is 1.55 bits per heavy atom. The van der Waals surface area contributed by atoms with Gasteiger partial charge in [0.05, 0.1) is 6.61 Å². The Balaban J connectivity index is 1.53. The van der Waals surface area contributed by atoms with Gasteiger partial charge in [-0.1, -0.05) is 79.8 Å². The number of hydrogen-bond acceptors (Lipinski definition) is 6. The van der Waals surface area contributed by atoms with Crippen molar-refractivity contribution in [3.05, 3.63) is 95.7 Å². The minimum absolute atomic E-state index is 0.103. The summed E-state index contributed by atoms with van der Waals surface area (Å²) in [5, 5.41) is 11.8. The van der Waals surface area contributed by atoms with Crippen molar-refractivity contribution < 1.29 is 14.6 Å². The first kappa shape index (κ1) is 31.3. The van der Waals surface area contributed by atoms with Crippen molar-refractivity contribution >= 4 is 23.5 Å². The normalized spacial score (nSPS) is 18.5. The number of nitrogens with one attached hydrogen (secondary N) is 1. The van der Waals surface area contributed by atoms with Crippen molar-refractivity contribution in [2.45, 2.75) is 70.0 Å². The predicted molar refractivity (Wildman–Crippen MR) is 158 cm³/mol. The Morgan fingerprint density at radius 3 is 2.05 bits per heavy atom. The molecule has 0 aromatic carbocycles. The quantitative estimate of drug-likeness (QED) is 0.228. The molecule has 0 bridgehead atoms. The molecule has 206 valence electrons. The largest absolute Gasteiger partial charge is 0.393 e. The van der Waals surface area contributed by atoms with Gasteiger partial charge in [-0.05, 0) is 51.0 Å². The molecule has 0 radical (unpaired) electrons. The summed E-state index contributed by atoms with van der Waals surface area (Å²) >= 11 is 1.45. The Hall–Kier alpha value is -2.94. The molecule has 38 heavy (non-hydrogen) atoms. The highest BCUT2D eigenvalue weighted by molar-refractivity contribution is 8.00. The van der Waals surface area contributed by atoms with Crippen molar-refractivity contribution in [1.29, 1.82) is 0 Å². The van der Waals surface area contributed by atoms with Crippen LogP contribution < -0.4 is 11.0 Å². The van der Waals surface area contributed by atoms with Crippen LogP contribution in [0.4, 0.5) is 5.82 Å². The van der Waals surface area contributed by atoms with Gasteiger partial charge in [-0.25, -0.2) is 4.79 Å². The highest BCUT2D eigenvalue weighted by Gasteiger charge is 2.27. The lowest BCUT2D eigenvalue weighted by Crippen LogP contribution is -2.29. The molecule has 1 amide bonds. The van der Waals surface area contributed by atoms with Crippen molar-refractivity contribution in [1.82, 2.24) is 9.55 Å². The number of anilines is 1. The molecule has 7 nitrogen and oxygen atoms in total. The lowest BCUT2D eigenvalue weighted by molar-refractivity contribution is -0.116. The monoisotopic (exact) mass is 539 g/mol. The van der Waals surface area contributed by atoms with Crippen LogP contribution in [-0.2, 0) is 9.53 Å². The van der Waals surface area contributed by atoms with Gasteiger partial charge in [0.25, 0.3) is 0 Å². The molecule has 1 saturated heterocycles. The number of carbonyl (C=O) groups is 1. The first-order valence-corrected chi connectivity index (χ1v) is 14.4. The number of carbonyl (C=O) groups excluding carboxylic acids is 1. The number of nitrogens with zero attached hydrogens (tertiary/aromatic N) is 2. The van der Waals surface area contributed by atoms with Gasteiger partial charge in [-0.2, -0.15) is 4.98 Å².